The van der Waals surface area contributed by atoms with Gasteiger partial charge >= 0.3 is 0 Å². The first kappa shape index (κ1) is 19.5. The van der Waals surface area contributed by atoms with E-state index in [0.29, 0.717) is 37.0 Å². The van der Waals surface area contributed by atoms with Gasteiger partial charge in [-0.3, -0.25) is 9.79 Å². The summed E-state index contributed by atoms with van der Waals surface area (Å²) < 4.78 is 10.6. The number of carbonyl (C=O) groups excluding carboxylic acids is 1. The highest BCUT2D eigenvalue weighted by Gasteiger charge is 2.24. The maximum absolute atomic E-state index is 12.0. The molecule has 0 saturated heterocycles. The quantitative estimate of drug-likeness (QED) is 0.528. The van der Waals surface area contributed by atoms with Crippen LogP contribution in [-0.2, 0) is 11.3 Å². The maximum Gasteiger partial charge on any atom is 0.225 e. The number of ether oxygens (including phenoxy) is 2. The number of hydrogen-bond donors (Lipinski definition) is 3. The second kappa shape index (κ2) is 9.12. The van der Waals surface area contributed by atoms with Crippen LogP contribution in [-0.4, -0.2) is 39.7 Å². The van der Waals surface area contributed by atoms with Gasteiger partial charge in [-0.25, -0.2) is 0 Å². The van der Waals surface area contributed by atoms with Gasteiger partial charge in [0.25, 0.3) is 0 Å². The minimum Gasteiger partial charge on any atom is -0.493 e. The fourth-order valence-electron chi connectivity index (χ4n) is 3.30. The van der Waals surface area contributed by atoms with Gasteiger partial charge in [-0.2, -0.15) is 0 Å². The monoisotopic (exact) mass is 382 g/mol. The van der Waals surface area contributed by atoms with E-state index in [2.05, 4.69) is 27.0 Å². The minimum absolute atomic E-state index is 0.0405. The van der Waals surface area contributed by atoms with Gasteiger partial charge < -0.3 is 25.4 Å². The molecule has 28 heavy (non-hydrogen) atoms. The molecule has 0 aromatic heterocycles. The zero-order valence-corrected chi connectivity index (χ0v) is 16.4. The highest BCUT2D eigenvalue weighted by molar-refractivity contribution is 5.94. The van der Waals surface area contributed by atoms with Crippen molar-refractivity contribution in [2.75, 3.05) is 33.1 Å². The predicted octanol–water partition coefficient (Wildman–Crippen LogP) is 2.49. The van der Waals surface area contributed by atoms with Gasteiger partial charge in [0.05, 0.1) is 14.2 Å². The van der Waals surface area contributed by atoms with Crippen molar-refractivity contribution in [3.05, 3.63) is 53.6 Å². The van der Waals surface area contributed by atoms with Gasteiger partial charge in [-0.05, 0) is 29.3 Å². The number of rotatable bonds is 6. The molecule has 3 rings (SSSR count). The van der Waals surface area contributed by atoms with Crippen LogP contribution in [0.25, 0.3) is 0 Å². The normalized spacial score (nSPS) is 16.0. The third-order valence-corrected chi connectivity index (χ3v) is 4.75. The first-order valence-corrected chi connectivity index (χ1v) is 9.18. The summed E-state index contributed by atoms with van der Waals surface area (Å²) in [6.45, 7) is 1.21. The van der Waals surface area contributed by atoms with Crippen LogP contribution in [0.1, 0.15) is 23.5 Å². The fourth-order valence-corrected chi connectivity index (χ4v) is 3.30. The lowest BCUT2D eigenvalue weighted by Crippen LogP contribution is -2.40. The summed E-state index contributed by atoms with van der Waals surface area (Å²) >= 11 is 0. The van der Waals surface area contributed by atoms with E-state index in [0.717, 1.165) is 16.8 Å². The van der Waals surface area contributed by atoms with Crippen LogP contribution in [0.3, 0.4) is 0 Å². The van der Waals surface area contributed by atoms with Gasteiger partial charge in [0.2, 0.25) is 5.91 Å². The van der Waals surface area contributed by atoms with Gasteiger partial charge in [0, 0.05) is 38.2 Å². The molecule has 148 valence electrons. The van der Waals surface area contributed by atoms with Crippen molar-refractivity contribution >= 4 is 17.6 Å². The van der Waals surface area contributed by atoms with E-state index in [9.17, 15) is 4.79 Å². The van der Waals surface area contributed by atoms with Crippen LogP contribution in [0.4, 0.5) is 5.69 Å². The Hall–Kier alpha value is -3.22. The van der Waals surface area contributed by atoms with Crippen molar-refractivity contribution in [3.8, 4) is 11.5 Å². The molecule has 1 unspecified atom stereocenters. The Morgan fingerprint density at radius 3 is 2.68 bits per heavy atom. The predicted molar refractivity (Wildman–Crippen MR) is 110 cm³/mol. The number of benzene rings is 2. The maximum atomic E-state index is 12.0. The summed E-state index contributed by atoms with van der Waals surface area (Å²) in [7, 11) is 4.96. The molecule has 0 fully saturated rings. The van der Waals surface area contributed by atoms with Crippen LogP contribution >= 0.6 is 0 Å². The number of anilines is 1. The van der Waals surface area contributed by atoms with Crippen LogP contribution in [0.5, 0.6) is 11.5 Å². The van der Waals surface area contributed by atoms with Crippen LogP contribution in [0.2, 0.25) is 0 Å². The van der Waals surface area contributed by atoms with E-state index in [1.54, 1.807) is 21.3 Å². The number of amides is 1. The summed E-state index contributed by atoms with van der Waals surface area (Å²) in [6.07, 6.45) is 0.455. The Morgan fingerprint density at radius 1 is 1.14 bits per heavy atom. The number of fused-ring (bicyclic) bond motifs is 1. The summed E-state index contributed by atoms with van der Waals surface area (Å²) in [6, 6.07) is 13.7. The first-order chi connectivity index (χ1) is 13.6. The van der Waals surface area contributed by atoms with Crippen molar-refractivity contribution in [2.24, 2.45) is 4.99 Å². The molecule has 2 aromatic carbocycles. The van der Waals surface area contributed by atoms with E-state index in [1.165, 1.54) is 0 Å². The molecule has 7 heteroatoms. The molecule has 1 heterocycles. The van der Waals surface area contributed by atoms with E-state index >= 15 is 0 Å². The van der Waals surface area contributed by atoms with E-state index in [1.807, 2.05) is 36.4 Å². The molecule has 0 aliphatic carbocycles. The number of nitrogens with zero attached hydrogens (tertiary/aromatic N) is 1. The molecule has 0 saturated carbocycles. The fraction of sp³-hybridized carbons (Fsp3) is 0.333. The second-order valence-electron chi connectivity index (χ2n) is 6.53. The molecule has 0 bridgehead atoms. The smallest absolute Gasteiger partial charge is 0.225 e. The van der Waals surface area contributed by atoms with Crippen LogP contribution in [0.15, 0.2) is 47.5 Å². The average molecular weight is 382 g/mol. The van der Waals surface area contributed by atoms with Gasteiger partial charge in [-0.15, -0.1) is 0 Å². The summed E-state index contributed by atoms with van der Waals surface area (Å²) in [4.78, 5) is 16.2. The third kappa shape index (κ3) is 4.54. The van der Waals surface area contributed by atoms with Crippen LogP contribution in [0, 0.1) is 0 Å². The Morgan fingerprint density at radius 2 is 1.93 bits per heavy atom. The lowest BCUT2D eigenvalue weighted by atomic mass is 9.90. The van der Waals surface area contributed by atoms with Crippen molar-refractivity contribution < 1.29 is 14.3 Å². The van der Waals surface area contributed by atoms with Gasteiger partial charge in [-0.1, -0.05) is 24.3 Å². The number of aliphatic imine (C=N–C) groups is 1. The van der Waals surface area contributed by atoms with E-state index < -0.39 is 0 Å². The molecule has 0 spiro atoms. The van der Waals surface area contributed by atoms with E-state index in [-0.39, 0.29) is 11.8 Å². The molecular formula is C21H26N4O3. The molecule has 3 N–H and O–H groups in total. The molecule has 1 aliphatic heterocycles. The second-order valence-corrected chi connectivity index (χ2v) is 6.53. The Bertz CT molecular complexity index is 866. The molecule has 7 nitrogen and oxygen atoms in total. The number of hydrogen-bond acceptors (Lipinski definition) is 4. The molecular weight excluding hydrogens is 356 g/mol. The number of carbonyl (C=O) groups is 1. The molecule has 1 aliphatic rings. The molecule has 2 aromatic rings. The SMILES string of the molecule is CN=C(NCc1ccc(OC)c(OC)c1)NCC1CC(=O)Nc2ccccc21. The number of methoxy groups -OCH3 is 2. The molecule has 0 radical (unpaired) electrons. The van der Waals surface area contributed by atoms with Gasteiger partial charge in [0.1, 0.15) is 0 Å². The average Bonchev–Trinajstić information content (AvgIpc) is 2.73. The van der Waals surface area contributed by atoms with Gasteiger partial charge in [0.15, 0.2) is 17.5 Å². The Balaban J connectivity index is 1.59. The first-order valence-electron chi connectivity index (χ1n) is 9.18. The third-order valence-electron chi connectivity index (χ3n) is 4.75. The topological polar surface area (TPSA) is 84.0 Å². The molecule has 1 atom stereocenters. The highest BCUT2D eigenvalue weighted by Crippen LogP contribution is 2.31. The summed E-state index contributed by atoms with van der Waals surface area (Å²) in [5, 5.41) is 9.54. The molecule has 1 amide bonds. The lowest BCUT2D eigenvalue weighted by molar-refractivity contribution is -0.116. The van der Waals surface area contributed by atoms with Crippen molar-refractivity contribution in [1.82, 2.24) is 10.6 Å². The minimum atomic E-state index is 0.0405. The largest absolute Gasteiger partial charge is 0.493 e. The Labute approximate surface area is 165 Å². The van der Waals surface area contributed by atoms with Crippen LogP contribution < -0.4 is 25.4 Å². The van der Waals surface area contributed by atoms with Crippen molar-refractivity contribution in [2.45, 2.75) is 18.9 Å². The number of para-hydroxylation sites is 1. The number of guanidine groups is 1. The number of nitrogens with one attached hydrogen (secondary N) is 3. The zero-order chi connectivity index (χ0) is 19.9. The standard InChI is InChI=1S/C21H26N4O3/c1-22-21(23-12-14-8-9-18(27-2)19(10-14)28-3)24-13-15-11-20(26)25-17-7-5-4-6-16(15)17/h4-10,15H,11-13H2,1-3H3,(H,25,26)(H2,22,23,24). The zero-order valence-electron chi connectivity index (χ0n) is 16.4. The highest BCUT2D eigenvalue weighted by atomic mass is 16.5. The van der Waals surface area contributed by atoms with Crippen molar-refractivity contribution in [1.29, 1.82) is 0 Å². The van der Waals surface area contributed by atoms with E-state index in [4.69, 9.17) is 9.47 Å². The van der Waals surface area contributed by atoms with Crippen molar-refractivity contribution in [3.63, 3.8) is 0 Å². The summed E-state index contributed by atoms with van der Waals surface area (Å²) in [5.74, 6) is 2.21. The summed E-state index contributed by atoms with van der Waals surface area (Å²) in [5.41, 5.74) is 3.08. The lowest BCUT2D eigenvalue weighted by Gasteiger charge is -2.26. The Kier molecular flexibility index (Phi) is 6.37.